The molecule has 0 atom stereocenters. The van der Waals surface area contributed by atoms with Crippen LogP contribution >= 0.6 is 0 Å². The average molecular weight is 951 g/mol. The van der Waals surface area contributed by atoms with Crippen LogP contribution in [0.2, 0.25) is 0 Å². The van der Waals surface area contributed by atoms with Crippen molar-refractivity contribution in [3.63, 3.8) is 0 Å². The van der Waals surface area contributed by atoms with Crippen LogP contribution in [0.3, 0.4) is 0 Å². The quantitative estimate of drug-likeness (QED) is 0.154. The third kappa shape index (κ3) is 15.4. The molecule has 11 aromatic rings. The van der Waals surface area contributed by atoms with Gasteiger partial charge in [-0.3, -0.25) is 0 Å². The number of hydrogen-bond donors (Lipinski definition) is 0. The smallest absolute Gasteiger partial charge is 0.00134 e. The Bertz CT molecular complexity index is 3460. The zero-order valence-corrected chi connectivity index (χ0v) is 45.2. The predicted molar refractivity (Wildman–Crippen MR) is 321 cm³/mol. The van der Waals surface area contributed by atoms with Crippen LogP contribution in [-0.4, -0.2) is 0 Å². The molecule has 0 aromatic heterocycles. The fraction of sp³-hybridized carbons (Fsp3) is 0.178. The molecule has 12 rings (SSSR count). The largest absolute Gasteiger partial charge is 0.0619 e. The van der Waals surface area contributed by atoms with E-state index >= 15 is 0 Å². The Morgan fingerprint density at radius 2 is 0.712 bits per heavy atom. The minimum Gasteiger partial charge on any atom is -0.0619 e. The molecule has 0 aliphatic heterocycles. The topological polar surface area (TPSA) is 0 Å². The zero-order chi connectivity index (χ0) is 51.9. The van der Waals surface area contributed by atoms with E-state index in [1.807, 2.05) is 0 Å². The highest BCUT2D eigenvalue weighted by molar-refractivity contribution is 5.88. The van der Waals surface area contributed by atoms with Gasteiger partial charge >= 0.3 is 0 Å². The summed E-state index contributed by atoms with van der Waals surface area (Å²) in [6, 6.07) is 84.2. The first-order valence-electron chi connectivity index (χ1n) is 25.8. The van der Waals surface area contributed by atoms with Crippen LogP contribution in [0.1, 0.15) is 82.0 Å². The van der Waals surface area contributed by atoms with Gasteiger partial charge in [0.25, 0.3) is 0 Å². The molecular formula is C73H74. The number of rotatable bonds is 1. The van der Waals surface area contributed by atoms with Crippen molar-refractivity contribution < 1.29 is 0 Å². The molecule has 0 bridgehead atoms. The molecule has 0 unspecified atom stereocenters. The van der Waals surface area contributed by atoms with Crippen molar-refractivity contribution in [1.29, 1.82) is 0 Å². The summed E-state index contributed by atoms with van der Waals surface area (Å²) in [7, 11) is 0. The molecular weight excluding hydrogens is 877 g/mol. The van der Waals surface area contributed by atoms with Crippen LogP contribution in [0.4, 0.5) is 0 Å². The highest BCUT2D eigenvalue weighted by atomic mass is 14.2. The summed E-state index contributed by atoms with van der Waals surface area (Å²) in [5.41, 5.74) is 20.8. The van der Waals surface area contributed by atoms with Crippen molar-refractivity contribution in [2.45, 2.75) is 88.0 Å². The van der Waals surface area contributed by atoms with Crippen LogP contribution < -0.4 is 0 Å². The van der Waals surface area contributed by atoms with Gasteiger partial charge in [0.15, 0.2) is 0 Å². The molecule has 0 saturated heterocycles. The standard InChI is InChI=1S/C17H14.C14H12.2C11H10.C11H16.C9H12/c1-13-6-8-15(9-7-13)17-11-10-14-4-2-3-5-16(14)12-17;1-10-6-7-14-12(8-10)9-11-4-2-3-5-13(11)14;1-9-5-4-7-10-6-2-3-8-11(9)10;1-9-6-7-10-4-2-3-5-11(10)8-9;1-9-5-7-10(8-6-9)11(2,3)4;1-7-4-8(2)6-9(3)5-7/h2-12H,1H3;2-8H,9H2,1H3;2*2-8H,1H3;5-8H,1-4H3;4-6H,1-3H3. The molecule has 0 fully saturated rings. The lowest BCUT2D eigenvalue weighted by atomic mass is 9.87. The fourth-order valence-electron chi connectivity index (χ4n) is 9.34. The van der Waals surface area contributed by atoms with Crippen molar-refractivity contribution in [2.75, 3.05) is 0 Å². The maximum absolute atomic E-state index is 2.30. The molecule has 0 saturated carbocycles. The van der Waals surface area contributed by atoms with Crippen LogP contribution in [0.15, 0.2) is 237 Å². The van der Waals surface area contributed by atoms with E-state index in [-0.39, 0.29) is 5.41 Å². The summed E-state index contributed by atoms with van der Waals surface area (Å²) in [5.74, 6) is 0. The van der Waals surface area contributed by atoms with Crippen LogP contribution in [-0.2, 0) is 11.8 Å². The first-order valence-corrected chi connectivity index (χ1v) is 25.8. The van der Waals surface area contributed by atoms with Gasteiger partial charge in [-0.1, -0.05) is 290 Å². The Hall–Kier alpha value is -7.80. The van der Waals surface area contributed by atoms with Gasteiger partial charge in [-0.05, 0) is 150 Å². The summed E-state index contributed by atoms with van der Waals surface area (Å²) in [6.07, 6.45) is 1.10. The Morgan fingerprint density at radius 3 is 1.32 bits per heavy atom. The molecule has 0 spiro atoms. The highest BCUT2D eigenvalue weighted by Gasteiger charge is 2.17. The van der Waals surface area contributed by atoms with E-state index in [1.165, 1.54) is 116 Å². The van der Waals surface area contributed by atoms with Crippen molar-refractivity contribution in [3.8, 4) is 22.3 Å². The first-order chi connectivity index (χ1) is 35.1. The minimum atomic E-state index is 0.285. The third-order valence-corrected chi connectivity index (χ3v) is 13.3. The van der Waals surface area contributed by atoms with Crippen LogP contribution in [0.25, 0.3) is 54.6 Å². The summed E-state index contributed by atoms with van der Waals surface area (Å²) < 4.78 is 0. The Balaban J connectivity index is 0.000000130. The Morgan fingerprint density at radius 1 is 0.274 bits per heavy atom. The van der Waals surface area contributed by atoms with Crippen molar-refractivity contribution in [3.05, 3.63) is 298 Å². The molecule has 366 valence electrons. The summed E-state index contributed by atoms with van der Waals surface area (Å²) in [6.45, 7) is 23.7. The molecule has 1 aliphatic rings. The van der Waals surface area contributed by atoms with E-state index in [0.717, 1.165) is 6.42 Å². The van der Waals surface area contributed by atoms with Gasteiger partial charge in [-0.15, -0.1) is 0 Å². The molecule has 0 nitrogen and oxygen atoms in total. The third-order valence-electron chi connectivity index (χ3n) is 13.3. The summed E-state index contributed by atoms with van der Waals surface area (Å²) in [4.78, 5) is 0. The van der Waals surface area contributed by atoms with Gasteiger partial charge in [0, 0.05) is 0 Å². The number of benzene rings is 11. The summed E-state index contributed by atoms with van der Waals surface area (Å²) in [5, 5.41) is 7.92. The second-order valence-electron chi connectivity index (χ2n) is 20.9. The van der Waals surface area contributed by atoms with E-state index in [2.05, 4.69) is 313 Å². The second-order valence-corrected chi connectivity index (χ2v) is 20.9. The molecule has 0 heteroatoms. The Kier molecular flexibility index (Phi) is 18.2. The predicted octanol–water partition coefficient (Wildman–Crippen LogP) is 20.6. The average Bonchev–Trinajstić information content (AvgIpc) is 3.75. The molecule has 0 amide bonds. The highest BCUT2D eigenvalue weighted by Crippen LogP contribution is 2.36. The Labute approximate surface area is 438 Å². The van der Waals surface area contributed by atoms with E-state index in [0.29, 0.717) is 0 Å². The molecule has 11 aromatic carbocycles. The molecule has 0 N–H and O–H groups in total. The maximum atomic E-state index is 2.30. The van der Waals surface area contributed by atoms with Crippen molar-refractivity contribution >= 4 is 32.3 Å². The number of aryl methyl sites for hydroxylation is 8. The van der Waals surface area contributed by atoms with E-state index in [9.17, 15) is 0 Å². The number of fused-ring (bicyclic) bond motifs is 6. The SMILES string of the molecule is Cc1cc(C)cc(C)c1.Cc1ccc(-c2ccc3ccccc3c2)cc1.Cc1ccc(C(C)(C)C)cc1.Cc1ccc2c(c1)Cc1ccccc1-2.Cc1ccc2ccccc2c1.Cc1cccc2ccccc12. The van der Waals surface area contributed by atoms with Gasteiger partial charge in [-0.2, -0.15) is 0 Å². The maximum Gasteiger partial charge on any atom is -0.00134 e. The lowest BCUT2D eigenvalue weighted by Gasteiger charge is -2.18. The second kappa shape index (κ2) is 25.0. The summed E-state index contributed by atoms with van der Waals surface area (Å²) >= 11 is 0. The van der Waals surface area contributed by atoms with E-state index in [1.54, 1.807) is 0 Å². The first kappa shape index (κ1) is 53.0. The fourth-order valence-corrected chi connectivity index (χ4v) is 9.34. The lowest BCUT2D eigenvalue weighted by Crippen LogP contribution is -2.10. The van der Waals surface area contributed by atoms with Gasteiger partial charge in [0.2, 0.25) is 0 Å². The monoisotopic (exact) mass is 951 g/mol. The minimum absolute atomic E-state index is 0.285. The van der Waals surface area contributed by atoms with Gasteiger partial charge in [0.1, 0.15) is 0 Å². The molecule has 0 heterocycles. The van der Waals surface area contributed by atoms with Crippen LogP contribution in [0, 0.1) is 55.4 Å². The van der Waals surface area contributed by atoms with Crippen molar-refractivity contribution in [1.82, 2.24) is 0 Å². The van der Waals surface area contributed by atoms with Gasteiger partial charge < -0.3 is 0 Å². The molecule has 0 radical (unpaired) electrons. The number of hydrogen-bond acceptors (Lipinski definition) is 0. The lowest BCUT2D eigenvalue weighted by molar-refractivity contribution is 0.590. The van der Waals surface area contributed by atoms with Crippen molar-refractivity contribution in [2.24, 2.45) is 0 Å². The van der Waals surface area contributed by atoms with Gasteiger partial charge in [-0.25, -0.2) is 0 Å². The van der Waals surface area contributed by atoms with E-state index in [4.69, 9.17) is 0 Å². The van der Waals surface area contributed by atoms with Crippen LogP contribution in [0.5, 0.6) is 0 Å². The molecule has 1 aliphatic carbocycles. The zero-order valence-electron chi connectivity index (χ0n) is 45.2. The van der Waals surface area contributed by atoms with E-state index < -0.39 is 0 Å². The normalized spacial score (nSPS) is 10.9. The van der Waals surface area contributed by atoms with Gasteiger partial charge in [0.05, 0.1) is 0 Å². The molecule has 73 heavy (non-hydrogen) atoms.